The fourth-order valence-corrected chi connectivity index (χ4v) is 1.97. The smallest absolute Gasteiger partial charge is 0.338 e. The molecule has 0 radical (unpaired) electrons. The van der Waals surface area contributed by atoms with Crippen molar-refractivity contribution in [2.45, 2.75) is 13.0 Å². The van der Waals surface area contributed by atoms with Crippen molar-refractivity contribution in [3.63, 3.8) is 0 Å². The lowest BCUT2D eigenvalue weighted by Gasteiger charge is -2.08. The summed E-state index contributed by atoms with van der Waals surface area (Å²) in [6.07, 6.45) is -0.815. The highest BCUT2D eigenvalue weighted by atomic mass is 32.1. The number of aryl methyl sites for hydroxylation is 1. The van der Waals surface area contributed by atoms with E-state index in [1.807, 2.05) is 18.4 Å². The van der Waals surface area contributed by atoms with Crippen LogP contribution >= 0.6 is 11.3 Å². The first-order valence-electron chi connectivity index (χ1n) is 3.46. The third-order valence-electron chi connectivity index (χ3n) is 1.60. The summed E-state index contributed by atoms with van der Waals surface area (Å²) in [4.78, 5) is 11.4. The minimum Gasteiger partial charge on any atom is -0.479 e. The van der Waals surface area contributed by atoms with Crippen LogP contribution in [0.25, 0.3) is 0 Å². The van der Waals surface area contributed by atoms with Crippen LogP contribution in [0.3, 0.4) is 0 Å². The van der Waals surface area contributed by atoms with Gasteiger partial charge in [0.25, 0.3) is 0 Å². The van der Waals surface area contributed by atoms with Gasteiger partial charge in [0.15, 0.2) is 6.10 Å². The summed E-state index contributed by atoms with van der Waals surface area (Å²) >= 11 is 1.40. The highest BCUT2D eigenvalue weighted by Gasteiger charge is 2.21. The van der Waals surface area contributed by atoms with Crippen molar-refractivity contribution < 1.29 is 14.6 Å². The van der Waals surface area contributed by atoms with Gasteiger partial charge in [0.05, 0.1) is 0 Å². The van der Waals surface area contributed by atoms with Crippen molar-refractivity contribution in [3.05, 3.63) is 21.9 Å². The average Bonchev–Trinajstić information content (AvgIpc) is 2.38. The topological polar surface area (TPSA) is 46.5 Å². The minimum absolute atomic E-state index is 0.769. The standard InChI is InChI=1S/C8H10O3S/c1-5-3-4-12-7(5)6(11-2)8(9)10/h3-4,6H,1-2H3,(H,9,10). The van der Waals surface area contributed by atoms with Crippen LogP contribution in [0.4, 0.5) is 0 Å². The number of thiophene rings is 1. The Morgan fingerprint density at radius 1 is 1.75 bits per heavy atom. The first kappa shape index (κ1) is 9.22. The SMILES string of the molecule is COC(C(=O)O)c1sccc1C. The van der Waals surface area contributed by atoms with E-state index >= 15 is 0 Å². The Hall–Kier alpha value is -0.870. The molecule has 0 fully saturated rings. The van der Waals surface area contributed by atoms with E-state index in [9.17, 15) is 4.79 Å². The van der Waals surface area contributed by atoms with Crippen LogP contribution in [0.15, 0.2) is 11.4 Å². The largest absolute Gasteiger partial charge is 0.479 e. The monoisotopic (exact) mass is 186 g/mol. The molecular weight excluding hydrogens is 176 g/mol. The molecule has 1 unspecified atom stereocenters. The zero-order valence-electron chi connectivity index (χ0n) is 6.90. The van der Waals surface area contributed by atoms with Gasteiger partial charge in [0.1, 0.15) is 0 Å². The Kier molecular flexibility index (Phi) is 2.83. The Morgan fingerprint density at radius 2 is 2.42 bits per heavy atom. The van der Waals surface area contributed by atoms with Gasteiger partial charge in [-0.3, -0.25) is 0 Å². The molecule has 0 bridgehead atoms. The first-order valence-corrected chi connectivity index (χ1v) is 4.34. The maximum atomic E-state index is 10.7. The van der Waals surface area contributed by atoms with E-state index in [-0.39, 0.29) is 0 Å². The lowest BCUT2D eigenvalue weighted by atomic mass is 10.2. The Bertz CT molecular complexity index is 280. The third-order valence-corrected chi connectivity index (χ3v) is 2.66. The molecule has 1 aromatic rings. The molecule has 1 N–H and O–H groups in total. The molecule has 0 aromatic carbocycles. The molecule has 1 atom stereocenters. The molecular formula is C8H10O3S. The van der Waals surface area contributed by atoms with E-state index in [1.165, 1.54) is 18.4 Å². The fraction of sp³-hybridized carbons (Fsp3) is 0.375. The maximum Gasteiger partial charge on any atom is 0.338 e. The van der Waals surface area contributed by atoms with Crippen LogP contribution in [0, 0.1) is 6.92 Å². The summed E-state index contributed by atoms with van der Waals surface area (Å²) in [6, 6.07) is 1.88. The van der Waals surface area contributed by atoms with Gasteiger partial charge in [-0.1, -0.05) is 0 Å². The highest BCUT2D eigenvalue weighted by Crippen LogP contribution is 2.26. The number of methoxy groups -OCH3 is 1. The van der Waals surface area contributed by atoms with Crippen molar-refractivity contribution in [3.8, 4) is 0 Å². The Balaban J connectivity index is 2.94. The number of hydrogen-bond donors (Lipinski definition) is 1. The number of hydrogen-bond acceptors (Lipinski definition) is 3. The van der Waals surface area contributed by atoms with Gasteiger partial charge in [-0.25, -0.2) is 4.79 Å². The van der Waals surface area contributed by atoms with Crippen molar-refractivity contribution in [1.29, 1.82) is 0 Å². The number of carboxylic acid groups (broad SMARTS) is 1. The molecule has 1 heterocycles. The Morgan fingerprint density at radius 3 is 2.75 bits per heavy atom. The molecule has 0 amide bonds. The lowest BCUT2D eigenvalue weighted by molar-refractivity contribution is -0.148. The summed E-state index contributed by atoms with van der Waals surface area (Å²) in [5.41, 5.74) is 0.967. The van der Waals surface area contributed by atoms with Crippen LogP contribution in [0.2, 0.25) is 0 Å². The summed E-state index contributed by atoms with van der Waals surface area (Å²) in [6.45, 7) is 1.88. The van der Waals surface area contributed by atoms with Gasteiger partial charge in [-0.2, -0.15) is 0 Å². The van der Waals surface area contributed by atoms with Gasteiger partial charge < -0.3 is 9.84 Å². The van der Waals surface area contributed by atoms with Gasteiger partial charge >= 0.3 is 5.97 Å². The number of aliphatic carboxylic acids is 1. The van der Waals surface area contributed by atoms with Crippen molar-refractivity contribution >= 4 is 17.3 Å². The molecule has 1 aromatic heterocycles. The lowest BCUT2D eigenvalue weighted by Crippen LogP contribution is -2.12. The second kappa shape index (κ2) is 3.69. The summed E-state index contributed by atoms with van der Waals surface area (Å²) < 4.78 is 4.85. The van der Waals surface area contributed by atoms with Crippen LogP contribution in [-0.2, 0) is 9.53 Å². The number of ether oxygens (including phenoxy) is 1. The normalized spacial score (nSPS) is 12.8. The van der Waals surface area contributed by atoms with Gasteiger partial charge in [-0.05, 0) is 23.9 Å². The zero-order valence-corrected chi connectivity index (χ0v) is 7.72. The number of carbonyl (C=O) groups is 1. The zero-order chi connectivity index (χ0) is 9.14. The predicted molar refractivity (Wildman–Crippen MR) is 46.4 cm³/mol. The molecule has 1 rings (SSSR count). The second-order valence-corrected chi connectivity index (χ2v) is 3.37. The molecule has 0 saturated carbocycles. The molecule has 0 aliphatic carbocycles. The van der Waals surface area contributed by atoms with E-state index in [2.05, 4.69) is 0 Å². The molecule has 0 aliphatic rings. The molecule has 3 nitrogen and oxygen atoms in total. The van der Waals surface area contributed by atoms with Gasteiger partial charge in [0, 0.05) is 12.0 Å². The van der Waals surface area contributed by atoms with Crippen LogP contribution in [0.1, 0.15) is 16.5 Å². The van der Waals surface area contributed by atoms with Crippen molar-refractivity contribution in [2.75, 3.05) is 7.11 Å². The maximum absolute atomic E-state index is 10.7. The number of carboxylic acids is 1. The van der Waals surface area contributed by atoms with Gasteiger partial charge in [0.2, 0.25) is 0 Å². The fourth-order valence-electron chi connectivity index (χ4n) is 0.973. The Labute approximate surface area is 74.6 Å². The molecule has 66 valence electrons. The molecule has 0 spiro atoms. The molecule has 0 aliphatic heterocycles. The van der Waals surface area contributed by atoms with Gasteiger partial charge in [-0.15, -0.1) is 11.3 Å². The molecule has 0 saturated heterocycles. The van der Waals surface area contributed by atoms with Crippen LogP contribution in [0.5, 0.6) is 0 Å². The summed E-state index contributed by atoms with van der Waals surface area (Å²) in [5, 5.41) is 10.6. The van der Waals surface area contributed by atoms with E-state index in [1.54, 1.807) is 0 Å². The second-order valence-electron chi connectivity index (χ2n) is 2.42. The van der Waals surface area contributed by atoms with E-state index < -0.39 is 12.1 Å². The summed E-state index contributed by atoms with van der Waals surface area (Å²) in [7, 11) is 1.40. The van der Waals surface area contributed by atoms with E-state index in [0.717, 1.165) is 10.4 Å². The summed E-state index contributed by atoms with van der Waals surface area (Å²) in [5.74, 6) is -0.942. The van der Waals surface area contributed by atoms with Crippen LogP contribution < -0.4 is 0 Å². The average molecular weight is 186 g/mol. The van der Waals surface area contributed by atoms with E-state index in [4.69, 9.17) is 9.84 Å². The molecule has 12 heavy (non-hydrogen) atoms. The van der Waals surface area contributed by atoms with E-state index in [0.29, 0.717) is 0 Å². The molecule has 4 heteroatoms. The highest BCUT2D eigenvalue weighted by molar-refractivity contribution is 7.10. The minimum atomic E-state index is -0.942. The predicted octanol–water partition coefficient (Wildman–Crippen LogP) is 1.83. The van der Waals surface area contributed by atoms with Crippen molar-refractivity contribution in [2.24, 2.45) is 0 Å². The first-order chi connectivity index (χ1) is 5.66. The third kappa shape index (κ3) is 1.65. The quantitative estimate of drug-likeness (QED) is 0.783. The number of rotatable bonds is 3. The van der Waals surface area contributed by atoms with Crippen LogP contribution in [-0.4, -0.2) is 18.2 Å². The van der Waals surface area contributed by atoms with Crippen molar-refractivity contribution in [1.82, 2.24) is 0 Å².